The summed E-state index contributed by atoms with van der Waals surface area (Å²) in [6, 6.07) is 6.39. The van der Waals surface area contributed by atoms with Crippen molar-refractivity contribution in [2.75, 3.05) is 13.6 Å². The average Bonchev–Trinajstić information content (AvgIpc) is 3.20. The van der Waals surface area contributed by atoms with Gasteiger partial charge < -0.3 is 10.3 Å². The highest BCUT2D eigenvalue weighted by molar-refractivity contribution is 5.52. The van der Waals surface area contributed by atoms with E-state index < -0.39 is 0 Å². The van der Waals surface area contributed by atoms with Gasteiger partial charge in [-0.25, -0.2) is 4.39 Å². The van der Waals surface area contributed by atoms with Crippen molar-refractivity contribution in [2.24, 2.45) is 11.7 Å². The van der Waals surface area contributed by atoms with Crippen LogP contribution in [0.2, 0.25) is 0 Å². The first kappa shape index (κ1) is 14.2. The molecule has 1 aromatic heterocycles. The maximum atomic E-state index is 12.9. The number of hydrogen-bond donors (Lipinski definition) is 1. The molecule has 0 saturated heterocycles. The second-order valence-electron chi connectivity index (χ2n) is 5.58. The van der Waals surface area contributed by atoms with E-state index in [1.54, 1.807) is 12.1 Å². The van der Waals surface area contributed by atoms with Crippen molar-refractivity contribution in [3.8, 4) is 11.5 Å². The molecule has 5 nitrogen and oxygen atoms in total. The molecule has 0 amide bonds. The summed E-state index contributed by atoms with van der Waals surface area (Å²) in [5.74, 6) is 1.45. The lowest BCUT2D eigenvalue weighted by Crippen LogP contribution is -2.39. The Hall–Kier alpha value is -1.79. The van der Waals surface area contributed by atoms with Gasteiger partial charge in [-0.15, -0.1) is 0 Å². The Kier molecular flexibility index (Phi) is 3.98. The normalized spacial score (nSPS) is 16.4. The number of likely N-dealkylation sites (N-methyl/N-ethyl adjacent to an activating group) is 1. The Morgan fingerprint density at radius 2 is 2.10 bits per heavy atom. The van der Waals surface area contributed by atoms with Crippen LogP contribution in [0.4, 0.5) is 4.39 Å². The topological polar surface area (TPSA) is 68.2 Å². The molecule has 1 saturated carbocycles. The zero-order valence-electron chi connectivity index (χ0n) is 12.0. The molecule has 2 aromatic rings. The van der Waals surface area contributed by atoms with Crippen LogP contribution < -0.4 is 5.73 Å². The maximum Gasteiger partial charge on any atom is 0.257 e. The fraction of sp³-hybridized carbons (Fsp3) is 0.467. The first-order valence-electron chi connectivity index (χ1n) is 7.16. The second kappa shape index (κ2) is 5.91. The summed E-state index contributed by atoms with van der Waals surface area (Å²) >= 11 is 0. The minimum atomic E-state index is -0.284. The third-order valence-corrected chi connectivity index (χ3v) is 3.92. The minimum absolute atomic E-state index is 0.284. The fourth-order valence-electron chi connectivity index (χ4n) is 2.58. The van der Waals surface area contributed by atoms with Crippen LogP contribution in [0.15, 0.2) is 28.8 Å². The van der Waals surface area contributed by atoms with Crippen molar-refractivity contribution in [2.45, 2.75) is 25.4 Å². The summed E-state index contributed by atoms with van der Waals surface area (Å²) in [5.41, 5.74) is 6.56. The van der Waals surface area contributed by atoms with E-state index in [1.165, 1.54) is 25.0 Å². The van der Waals surface area contributed by atoms with Gasteiger partial charge in [0.25, 0.3) is 5.89 Å². The molecule has 1 aromatic carbocycles. The summed E-state index contributed by atoms with van der Waals surface area (Å²) < 4.78 is 18.1. The zero-order chi connectivity index (χ0) is 14.8. The van der Waals surface area contributed by atoms with E-state index in [2.05, 4.69) is 15.0 Å². The van der Waals surface area contributed by atoms with Gasteiger partial charge in [0.2, 0.25) is 0 Å². The minimum Gasteiger partial charge on any atom is -0.334 e. The molecule has 21 heavy (non-hydrogen) atoms. The number of nitrogens with zero attached hydrogens (tertiary/aromatic N) is 3. The number of benzene rings is 1. The SMILES string of the molecule is CN(Cc1noc(-c2ccc(F)cc2)n1)C(CN)C1CC1. The monoisotopic (exact) mass is 290 g/mol. The van der Waals surface area contributed by atoms with Gasteiger partial charge in [0, 0.05) is 18.2 Å². The summed E-state index contributed by atoms with van der Waals surface area (Å²) in [6.07, 6.45) is 2.50. The fourth-order valence-corrected chi connectivity index (χ4v) is 2.58. The molecular weight excluding hydrogens is 271 g/mol. The first-order valence-corrected chi connectivity index (χ1v) is 7.16. The Bertz CT molecular complexity index is 594. The number of nitrogens with two attached hydrogens (primary N) is 1. The van der Waals surface area contributed by atoms with Crippen molar-refractivity contribution in [1.29, 1.82) is 0 Å². The van der Waals surface area contributed by atoms with Crippen LogP contribution in [0.1, 0.15) is 18.7 Å². The van der Waals surface area contributed by atoms with E-state index >= 15 is 0 Å². The summed E-state index contributed by atoms with van der Waals surface area (Å²) in [4.78, 5) is 6.54. The van der Waals surface area contributed by atoms with E-state index in [-0.39, 0.29) is 5.82 Å². The first-order chi connectivity index (χ1) is 10.2. The largest absolute Gasteiger partial charge is 0.334 e. The Morgan fingerprint density at radius 1 is 1.38 bits per heavy atom. The van der Waals surface area contributed by atoms with Crippen LogP contribution in [-0.2, 0) is 6.54 Å². The van der Waals surface area contributed by atoms with E-state index in [4.69, 9.17) is 10.3 Å². The van der Waals surface area contributed by atoms with Gasteiger partial charge >= 0.3 is 0 Å². The summed E-state index contributed by atoms with van der Waals surface area (Å²) in [6.45, 7) is 1.24. The lowest BCUT2D eigenvalue weighted by molar-refractivity contribution is 0.208. The molecule has 1 atom stereocenters. The predicted octanol–water partition coefficient (Wildman–Crippen LogP) is 2.04. The number of aromatic nitrogens is 2. The second-order valence-corrected chi connectivity index (χ2v) is 5.58. The van der Waals surface area contributed by atoms with Crippen molar-refractivity contribution in [3.05, 3.63) is 35.9 Å². The summed E-state index contributed by atoms with van der Waals surface area (Å²) in [7, 11) is 2.03. The molecule has 0 aliphatic heterocycles. The smallest absolute Gasteiger partial charge is 0.257 e. The number of halogens is 1. The number of rotatable bonds is 6. The van der Waals surface area contributed by atoms with Gasteiger partial charge in [-0.2, -0.15) is 4.98 Å². The van der Waals surface area contributed by atoms with Crippen molar-refractivity contribution in [1.82, 2.24) is 15.0 Å². The third kappa shape index (κ3) is 3.28. The Morgan fingerprint density at radius 3 is 2.71 bits per heavy atom. The highest BCUT2D eigenvalue weighted by Gasteiger charge is 2.33. The standard InChI is InChI=1S/C15H19FN4O/c1-20(13(8-17)10-2-3-10)9-14-18-15(21-19-14)11-4-6-12(16)7-5-11/h4-7,10,13H,2-3,8-9,17H2,1H3. The Labute approximate surface area is 122 Å². The van der Waals surface area contributed by atoms with Gasteiger partial charge in [-0.3, -0.25) is 4.90 Å². The molecular formula is C15H19FN4O. The molecule has 1 heterocycles. The van der Waals surface area contributed by atoms with Gasteiger partial charge in [0.1, 0.15) is 5.82 Å². The summed E-state index contributed by atoms with van der Waals surface area (Å²) in [5, 5.41) is 3.99. The highest BCUT2D eigenvalue weighted by atomic mass is 19.1. The van der Waals surface area contributed by atoms with Crippen molar-refractivity contribution in [3.63, 3.8) is 0 Å². The van der Waals surface area contributed by atoms with Crippen LogP contribution in [-0.4, -0.2) is 34.7 Å². The Balaban J connectivity index is 1.68. The van der Waals surface area contributed by atoms with Gasteiger partial charge in [-0.1, -0.05) is 5.16 Å². The average molecular weight is 290 g/mol. The van der Waals surface area contributed by atoms with E-state index in [0.717, 1.165) is 5.56 Å². The predicted molar refractivity (Wildman–Crippen MR) is 76.7 cm³/mol. The van der Waals surface area contributed by atoms with Crippen molar-refractivity contribution >= 4 is 0 Å². The van der Waals surface area contributed by atoms with E-state index in [9.17, 15) is 4.39 Å². The highest BCUT2D eigenvalue weighted by Crippen LogP contribution is 2.34. The molecule has 1 aliphatic rings. The van der Waals surface area contributed by atoms with Crippen molar-refractivity contribution < 1.29 is 8.91 Å². The zero-order valence-corrected chi connectivity index (χ0v) is 12.0. The molecule has 1 unspecified atom stereocenters. The molecule has 6 heteroatoms. The lowest BCUT2D eigenvalue weighted by atomic mass is 10.1. The quantitative estimate of drug-likeness (QED) is 0.881. The molecule has 0 spiro atoms. The van der Waals surface area contributed by atoms with E-state index in [0.29, 0.717) is 36.8 Å². The van der Waals surface area contributed by atoms with Gasteiger partial charge in [0.15, 0.2) is 5.82 Å². The maximum absolute atomic E-state index is 12.9. The molecule has 1 aliphatic carbocycles. The van der Waals surface area contributed by atoms with Crippen LogP contribution >= 0.6 is 0 Å². The van der Waals surface area contributed by atoms with Crippen LogP contribution in [0, 0.1) is 11.7 Å². The number of hydrogen-bond acceptors (Lipinski definition) is 5. The van der Waals surface area contributed by atoms with Gasteiger partial charge in [0.05, 0.1) is 6.54 Å². The van der Waals surface area contributed by atoms with Crippen LogP contribution in [0.25, 0.3) is 11.5 Å². The molecule has 0 radical (unpaired) electrons. The molecule has 1 fully saturated rings. The van der Waals surface area contributed by atoms with Crippen LogP contribution in [0.5, 0.6) is 0 Å². The molecule has 112 valence electrons. The molecule has 3 rings (SSSR count). The van der Waals surface area contributed by atoms with E-state index in [1.807, 2.05) is 7.05 Å². The third-order valence-electron chi connectivity index (χ3n) is 3.92. The lowest BCUT2D eigenvalue weighted by Gasteiger charge is -2.25. The molecule has 0 bridgehead atoms. The molecule has 2 N–H and O–H groups in total. The van der Waals surface area contributed by atoms with Gasteiger partial charge in [-0.05, 0) is 50.1 Å². The van der Waals surface area contributed by atoms with Crippen LogP contribution in [0.3, 0.4) is 0 Å².